The molecule has 16 heavy (non-hydrogen) atoms. The number of carbonyl (C=O) groups is 1. The van der Waals surface area contributed by atoms with Crippen molar-refractivity contribution in [2.75, 3.05) is 19.9 Å². The highest BCUT2D eigenvalue weighted by Crippen LogP contribution is 2.27. The molecule has 0 bridgehead atoms. The molecule has 0 radical (unpaired) electrons. The lowest BCUT2D eigenvalue weighted by Gasteiger charge is -2.29. The monoisotopic (exact) mass is 229 g/mol. The Kier molecular flexibility index (Phi) is 8.49. The molecule has 0 aromatic rings. The molecule has 0 saturated carbocycles. The van der Waals surface area contributed by atoms with Gasteiger partial charge in [0.1, 0.15) is 6.29 Å². The maximum absolute atomic E-state index is 11.1. The summed E-state index contributed by atoms with van der Waals surface area (Å²) in [5.74, 6) is 0.362. The van der Waals surface area contributed by atoms with Gasteiger partial charge in [0.25, 0.3) is 0 Å². The molecule has 0 aliphatic rings. The molecule has 0 rings (SSSR count). The van der Waals surface area contributed by atoms with E-state index < -0.39 is 0 Å². The van der Waals surface area contributed by atoms with E-state index in [4.69, 9.17) is 4.74 Å². The lowest BCUT2D eigenvalue weighted by Crippen LogP contribution is -2.34. The zero-order valence-corrected chi connectivity index (χ0v) is 11.2. The van der Waals surface area contributed by atoms with Gasteiger partial charge in [-0.25, -0.2) is 0 Å². The van der Waals surface area contributed by atoms with Gasteiger partial charge in [0.2, 0.25) is 0 Å². The van der Waals surface area contributed by atoms with Crippen LogP contribution < -0.4 is 5.32 Å². The van der Waals surface area contributed by atoms with Crippen LogP contribution in [0.4, 0.5) is 0 Å². The molecule has 0 aromatic carbocycles. The van der Waals surface area contributed by atoms with Gasteiger partial charge in [-0.1, -0.05) is 40.5 Å². The average molecular weight is 229 g/mol. The number of rotatable bonds is 10. The van der Waals surface area contributed by atoms with E-state index in [-0.39, 0.29) is 5.41 Å². The number of carbonyl (C=O) groups excluding carboxylic acids is 1. The second-order valence-electron chi connectivity index (χ2n) is 4.78. The highest BCUT2D eigenvalue weighted by molar-refractivity contribution is 5.59. The standard InChI is InChI=1S/C13H27NO2/c1-5-7-8-14-11-16-10-13(4,9-15)12(3)6-2/h9,12,14H,5-8,10-11H2,1-4H3/t12-,13?/m1/s1. The first-order valence-corrected chi connectivity index (χ1v) is 6.35. The van der Waals surface area contributed by atoms with Crippen LogP contribution in [0.15, 0.2) is 0 Å². The van der Waals surface area contributed by atoms with E-state index in [2.05, 4.69) is 26.1 Å². The van der Waals surface area contributed by atoms with E-state index in [0.29, 0.717) is 19.3 Å². The zero-order valence-electron chi connectivity index (χ0n) is 11.2. The summed E-state index contributed by atoms with van der Waals surface area (Å²) in [5, 5.41) is 3.20. The van der Waals surface area contributed by atoms with Crippen molar-refractivity contribution in [3.63, 3.8) is 0 Å². The number of unbranched alkanes of at least 4 members (excludes halogenated alkanes) is 1. The second-order valence-corrected chi connectivity index (χ2v) is 4.78. The second kappa shape index (κ2) is 8.71. The van der Waals surface area contributed by atoms with Gasteiger partial charge in [0, 0.05) is 5.41 Å². The Hall–Kier alpha value is -0.410. The van der Waals surface area contributed by atoms with Crippen molar-refractivity contribution in [1.82, 2.24) is 5.32 Å². The minimum absolute atomic E-state index is 0.346. The Balaban J connectivity index is 3.74. The molecule has 0 aliphatic heterocycles. The zero-order chi connectivity index (χ0) is 12.4. The fraction of sp³-hybridized carbons (Fsp3) is 0.923. The maximum Gasteiger partial charge on any atom is 0.128 e. The summed E-state index contributed by atoms with van der Waals surface area (Å²) in [5.41, 5.74) is -0.346. The lowest BCUT2D eigenvalue weighted by atomic mass is 9.79. The van der Waals surface area contributed by atoms with Crippen LogP contribution in [0.1, 0.15) is 47.0 Å². The third-order valence-corrected chi connectivity index (χ3v) is 3.33. The Labute approximate surface area is 99.9 Å². The largest absolute Gasteiger partial charge is 0.365 e. The van der Waals surface area contributed by atoms with Crippen molar-refractivity contribution in [2.24, 2.45) is 11.3 Å². The van der Waals surface area contributed by atoms with Gasteiger partial charge in [-0.15, -0.1) is 0 Å². The summed E-state index contributed by atoms with van der Waals surface area (Å²) >= 11 is 0. The van der Waals surface area contributed by atoms with Crippen LogP contribution in [-0.2, 0) is 9.53 Å². The minimum Gasteiger partial charge on any atom is -0.365 e. The molecule has 2 atom stereocenters. The van der Waals surface area contributed by atoms with Gasteiger partial charge in [0.05, 0.1) is 13.3 Å². The van der Waals surface area contributed by atoms with Crippen molar-refractivity contribution in [3.05, 3.63) is 0 Å². The first kappa shape index (κ1) is 15.6. The third kappa shape index (κ3) is 5.61. The van der Waals surface area contributed by atoms with Crippen LogP contribution in [0.25, 0.3) is 0 Å². The molecule has 0 heterocycles. The van der Waals surface area contributed by atoms with Crippen LogP contribution in [0.5, 0.6) is 0 Å². The van der Waals surface area contributed by atoms with E-state index in [1.807, 2.05) is 6.92 Å². The van der Waals surface area contributed by atoms with Crippen molar-refractivity contribution >= 4 is 6.29 Å². The molecular formula is C13H27NO2. The maximum atomic E-state index is 11.1. The molecule has 0 fully saturated rings. The molecule has 1 unspecified atom stereocenters. The molecule has 0 aliphatic carbocycles. The Morgan fingerprint density at radius 3 is 2.62 bits per heavy atom. The molecule has 3 heteroatoms. The van der Waals surface area contributed by atoms with E-state index in [1.165, 1.54) is 12.8 Å². The molecule has 1 N–H and O–H groups in total. The van der Waals surface area contributed by atoms with Crippen LogP contribution in [-0.4, -0.2) is 26.2 Å². The van der Waals surface area contributed by atoms with Crippen molar-refractivity contribution in [1.29, 1.82) is 0 Å². The highest BCUT2D eigenvalue weighted by Gasteiger charge is 2.29. The Morgan fingerprint density at radius 1 is 1.44 bits per heavy atom. The van der Waals surface area contributed by atoms with Gasteiger partial charge >= 0.3 is 0 Å². The van der Waals surface area contributed by atoms with E-state index in [1.54, 1.807) is 0 Å². The predicted octanol–water partition coefficient (Wildman–Crippen LogP) is 2.60. The van der Waals surface area contributed by atoms with Gasteiger partial charge in [-0.05, 0) is 18.9 Å². The first-order chi connectivity index (χ1) is 7.60. The fourth-order valence-corrected chi connectivity index (χ4v) is 1.48. The van der Waals surface area contributed by atoms with Crippen LogP contribution in [0.3, 0.4) is 0 Å². The van der Waals surface area contributed by atoms with Crippen LogP contribution in [0, 0.1) is 11.3 Å². The van der Waals surface area contributed by atoms with Crippen LogP contribution >= 0.6 is 0 Å². The smallest absolute Gasteiger partial charge is 0.128 e. The predicted molar refractivity (Wildman–Crippen MR) is 67.4 cm³/mol. The first-order valence-electron chi connectivity index (χ1n) is 6.35. The van der Waals surface area contributed by atoms with Gasteiger partial charge < -0.3 is 9.53 Å². The molecule has 0 aromatic heterocycles. The molecule has 3 nitrogen and oxygen atoms in total. The number of nitrogens with one attached hydrogen (secondary N) is 1. The summed E-state index contributed by atoms with van der Waals surface area (Å²) < 4.78 is 5.52. The number of ether oxygens (including phenoxy) is 1. The quantitative estimate of drug-likeness (QED) is 0.355. The third-order valence-electron chi connectivity index (χ3n) is 3.33. The molecule has 96 valence electrons. The Bertz CT molecular complexity index is 185. The van der Waals surface area contributed by atoms with Gasteiger partial charge in [-0.2, -0.15) is 0 Å². The Morgan fingerprint density at radius 2 is 2.12 bits per heavy atom. The van der Waals surface area contributed by atoms with Gasteiger partial charge in [0.15, 0.2) is 0 Å². The lowest BCUT2D eigenvalue weighted by molar-refractivity contribution is -0.122. The number of hydrogen-bond donors (Lipinski definition) is 1. The number of aldehydes is 1. The SMILES string of the molecule is CCCCNCOCC(C)(C=O)[C@H](C)CC. The van der Waals surface area contributed by atoms with Gasteiger partial charge in [-0.3, -0.25) is 5.32 Å². The summed E-state index contributed by atoms with van der Waals surface area (Å²) in [6.07, 6.45) is 4.39. The summed E-state index contributed by atoms with van der Waals surface area (Å²) in [6.45, 7) is 10.4. The van der Waals surface area contributed by atoms with Crippen LogP contribution in [0.2, 0.25) is 0 Å². The van der Waals surface area contributed by atoms with Crippen molar-refractivity contribution in [3.8, 4) is 0 Å². The molecule has 0 saturated heterocycles. The average Bonchev–Trinajstić information content (AvgIpc) is 2.32. The van der Waals surface area contributed by atoms with E-state index in [9.17, 15) is 4.79 Å². The molecule has 0 amide bonds. The highest BCUT2D eigenvalue weighted by atomic mass is 16.5. The van der Waals surface area contributed by atoms with Crippen molar-refractivity contribution < 1.29 is 9.53 Å². The fourth-order valence-electron chi connectivity index (χ4n) is 1.48. The molecular weight excluding hydrogens is 202 g/mol. The van der Waals surface area contributed by atoms with E-state index >= 15 is 0 Å². The summed E-state index contributed by atoms with van der Waals surface area (Å²) in [4.78, 5) is 11.1. The van der Waals surface area contributed by atoms with E-state index in [0.717, 1.165) is 19.3 Å². The minimum atomic E-state index is -0.346. The topological polar surface area (TPSA) is 38.3 Å². The summed E-state index contributed by atoms with van der Waals surface area (Å²) in [6, 6.07) is 0. The normalized spacial score (nSPS) is 16.8. The van der Waals surface area contributed by atoms with Crippen molar-refractivity contribution in [2.45, 2.75) is 47.0 Å². The molecule has 0 spiro atoms. The summed E-state index contributed by atoms with van der Waals surface area (Å²) in [7, 11) is 0. The number of hydrogen-bond acceptors (Lipinski definition) is 3.